The summed E-state index contributed by atoms with van der Waals surface area (Å²) in [5, 5.41) is 7.30. The van der Waals surface area contributed by atoms with Crippen molar-refractivity contribution in [2.75, 3.05) is 5.32 Å². The predicted octanol–water partition coefficient (Wildman–Crippen LogP) is 5.10. The predicted molar refractivity (Wildman–Crippen MR) is 127 cm³/mol. The summed E-state index contributed by atoms with van der Waals surface area (Å²) >= 11 is 6.05. The lowest BCUT2D eigenvalue weighted by Crippen LogP contribution is -2.20. The van der Waals surface area contributed by atoms with Crippen LogP contribution in [0.15, 0.2) is 77.9 Å². The van der Waals surface area contributed by atoms with E-state index in [1.807, 2.05) is 61.5 Å². The molecular weight excluding hydrogens is 426 g/mol. The van der Waals surface area contributed by atoms with Crippen LogP contribution < -0.4 is 15.5 Å². The van der Waals surface area contributed by atoms with Gasteiger partial charge in [0, 0.05) is 23.6 Å². The number of carbonyl (C=O) groups excluding carboxylic acids is 2. The van der Waals surface area contributed by atoms with E-state index in [4.69, 9.17) is 16.3 Å². The molecule has 3 aromatic carbocycles. The monoisotopic (exact) mass is 449 g/mol. The third-order valence-corrected chi connectivity index (χ3v) is 5.04. The lowest BCUT2D eigenvalue weighted by Gasteiger charge is -2.09. The Hall–Kier alpha value is -3.64. The van der Waals surface area contributed by atoms with Crippen molar-refractivity contribution in [2.24, 2.45) is 5.10 Å². The number of rotatable bonds is 9. The Kier molecular flexibility index (Phi) is 8.40. The number of halogens is 1. The van der Waals surface area contributed by atoms with E-state index in [1.54, 1.807) is 18.2 Å². The second-order valence-corrected chi connectivity index (χ2v) is 7.51. The number of hydrogen-bond acceptors (Lipinski definition) is 4. The molecule has 0 saturated carbocycles. The first-order chi connectivity index (χ1) is 15.5. The second kappa shape index (κ2) is 11.7. The standard InChI is InChI=1S/C25H24ClN3O3/c1-18-22(26)11-6-12-23(18)28-24(30)13-14-25(31)29-27-16-20-9-5-10-21(15-20)32-17-19-7-3-2-4-8-19/h2-12,15-16H,13-14,17H2,1H3,(H,28,30)(H,29,31)/b27-16+. The highest BCUT2D eigenvalue weighted by atomic mass is 35.5. The highest BCUT2D eigenvalue weighted by molar-refractivity contribution is 6.31. The van der Waals surface area contributed by atoms with Crippen LogP contribution in [0.5, 0.6) is 5.75 Å². The molecule has 0 bridgehead atoms. The molecule has 0 aliphatic heterocycles. The molecule has 0 saturated heterocycles. The van der Waals surface area contributed by atoms with Gasteiger partial charge in [0.25, 0.3) is 0 Å². The highest BCUT2D eigenvalue weighted by Crippen LogP contribution is 2.23. The fourth-order valence-corrected chi connectivity index (χ4v) is 3.02. The van der Waals surface area contributed by atoms with Crippen molar-refractivity contribution in [3.63, 3.8) is 0 Å². The lowest BCUT2D eigenvalue weighted by molar-refractivity contribution is -0.124. The van der Waals surface area contributed by atoms with E-state index in [1.165, 1.54) is 6.21 Å². The summed E-state index contributed by atoms with van der Waals surface area (Å²) in [7, 11) is 0. The summed E-state index contributed by atoms with van der Waals surface area (Å²) in [6, 6.07) is 22.6. The van der Waals surface area contributed by atoms with Crippen molar-refractivity contribution in [3.8, 4) is 5.75 Å². The number of anilines is 1. The van der Waals surface area contributed by atoms with Crippen LogP contribution in [0.1, 0.15) is 29.5 Å². The van der Waals surface area contributed by atoms with Gasteiger partial charge in [-0.05, 0) is 47.9 Å². The zero-order valence-electron chi connectivity index (χ0n) is 17.7. The molecule has 32 heavy (non-hydrogen) atoms. The summed E-state index contributed by atoms with van der Waals surface area (Å²) in [5.41, 5.74) is 5.71. The number of carbonyl (C=O) groups is 2. The van der Waals surface area contributed by atoms with Crippen LogP contribution in [0, 0.1) is 6.92 Å². The van der Waals surface area contributed by atoms with Crippen molar-refractivity contribution < 1.29 is 14.3 Å². The van der Waals surface area contributed by atoms with Crippen LogP contribution in [-0.4, -0.2) is 18.0 Å². The Morgan fingerprint density at radius 2 is 1.72 bits per heavy atom. The van der Waals surface area contributed by atoms with Gasteiger partial charge in [0.05, 0.1) is 6.21 Å². The van der Waals surface area contributed by atoms with E-state index in [2.05, 4.69) is 15.8 Å². The molecule has 0 aliphatic carbocycles. The van der Waals surface area contributed by atoms with Gasteiger partial charge in [0.2, 0.25) is 11.8 Å². The third kappa shape index (κ3) is 7.25. The smallest absolute Gasteiger partial charge is 0.240 e. The van der Waals surface area contributed by atoms with Gasteiger partial charge in [-0.15, -0.1) is 0 Å². The molecule has 164 valence electrons. The minimum absolute atomic E-state index is 0.0169. The molecular formula is C25H24ClN3O3. The second-order valence-electron chi connectivity index (χ2n) is 7.10. The van der Waals surface area contributed by atoms with Gasteiger partial charge < -0.3 is 10.1 Å². The van der Waals surface area contributed by atoms with E-state index < -0.39 is 0 Å². The van der Waals surface area contributed by atoms with Crippen LogP contribution in [-0.2, 0) is 16.2 Å². The normalized spacial score (nSPS) is 10.7. The largest absolute Gasteiger partial charge is 0.489 e. The number of hydrogen-bond donors (Lipinski definition) is 2. The van der Waals surface area contributed by atoms with Crippen LogP contribution >= 0.6 is 11.6 Å². The summed E-state index contributed by atoms with van der Waals surface area (Å²) in [5.74, 6) is 0.0885. The molecule has 0 aliphatic rings. The van der Waals surface area contributed by atoms with E-state index in [-0.39, 0.29) is 24.7 Å². The lowest BCUT2D eigenvalue weighted by atomic mass is 10.2. The van der Waals surface area contributed by atoms with Crippen LogP contribution in [0.4, 0.5) is 5.69 Å². The van der Waals surface area contributed by atoms with Gasteiger partial charge in [0.1, 0.15) is 12.4 Å². The molecule has 0 radical (unpaired) electrons. The Morgan fingerprint density at radius 3 is 2.53 bits per heavy atom. The fourth-order valence-electron chi connectivity index (χ4n) is 2.84. The first-order valence-corrected chi connectivity index (χ1v) is 10.5. The van der Waals surface area contributed by atoms with E-state index in [0.717, 1.165) is 16.7 Å². The Morgan fingerprint density at radius 1 is 0.969 bits per heavy atom. The molecule has 2 amide bonds. The topological polar surface area (TPSA) is 79.8 Å². The van der Waals surface area contributed by atoms with Gasteiger partial charge in [0.15, 0.2) is 0 Å². The summed E-state index contributed by atoms with van der Waals surface area (Å²) < 4.78 is 5.79. The molecule has 0 spiro atoms. The molecule has 0 atom stereocenters. The first kappa shape index (κ1) is 23.0. The fraction of sp³-hybridized carbons (Fsp3) is 0.160. The number of nitrogens with one attached hydrogen (secondary N) is 2. The first-order valence-electron chi connectivity index (χ1n) is 10.1. The van der Waals surface area contributed by atoms with Crippen molar-refractivity contribution in [2.45, 2.75) is 26.4 Å². The van der Waals surface area contributed by atoms with Crippen molar-refractivity contribution in [1.82, 2.24) is 5.43 Å². The van der Waals surface area contributed by atoms with Gasteiger partial charge in [-0.3, -0.25) is 9.59 Å². The molecule has 0 aromatic heterocycles. The molecule has 3 aromatic rings. The zero-order chi connectivity index (χ0) is 22.8. The van der Waals surface area contributed by atoms with Gasteiger partial charge in [-0.1, -0.05) is 60.1 Å². The molecule has 0 heterocycles. The minimum atomic E-state index is -0.351. The molecule has 7 heteroatoms. The molecule has 6 nitrogen and oxygen atoms in total. The molecule has 0 fully saturated rings. The Labute approximate surface area is 192 Å². The van der Waals surface area contributed by atoms with Gasteiger partial charge in [-0.25, -0.2) is 5.43 Å². The van der Waals surface area contributed by atoms with Crippen molar-refractivity contribution in [1.29, 1.82) is 0 Å². The minimum Gasteiger partial charge on any atom is -0.489 e. The highest BCUT2D eigenvalue weighted by Gasteiger charge is 2.09. The maximum Gasteiger partial charge on any atom is 0.240 e. The van der Waals surface area contributed by atoms with E-state index in [0.29, 0.717) is 23.1 Å². The maximum atomic E-state index is 12.1. The summed E-state index contributed by atoms with van der Waals surface area (Å²) in [4.78, 5) is 24.1. The number of benzene rings is 3. The number of hydrazone groups is 1. The maximum absolute atomic E-state index is 12.1. The number of amides is 2. The summed E-state index contributed by atoms with van der Waals surface area (Å²) in [6.07, 6.45) is 1.59. The van der Waals surface area contributed by atoms with Crippen LogP contribution in [0.25, 0.3) is 0 Å². The van der Waals surface area contributed by atoms with Crippen LogP contribution in [0.2, 0.25) is 5.02 Å². The number of nitrogens with zero attached hydrogens (tertiary/aromatic N) is 1. The van der Waals surface area contributed by atoms with Crippen molar-refractivity contribution >= 4 is 35.3 Å². The SMILES string of the molecule is Cc1c(Cl)cccc1NC(=O)CCC(=O)N/N=C/c1cccc(OCc2ccccc2)c1. The van der Waals surface area contributed by atoms with E-state index in [9.17, 15) is 9.59 Å². The van der Waals surface area contributed by atoms with E-state index >= 15 is 0 Å². The number of ether oxygens (including phenoxy) is 1. The molecule has 0 unspecified atom stereocenters. The Balaban J connectivity index is 1.42. The van der Waals surface area contributed by atoms with Crippen LogP contribution in [0.3, 0.4) is 0 Å². The average Bonchev–Trinajstić information content (AvgIpc) is 2.80. The third-order valence-electron chi connectivity index (χ3n) is 4.63. The van der Waals surface area contributed by atoms with Gasteiger partial charge >= 0.3 is 0 Å². The van der Waals surface area contributed by atoms with Crippen molar-refractivity contribution in [3.05, 3.63) is 94.5 Å². The van der Waals surface area contributed by atoms with Gasteiger partial charge in [-0.2, -0.15) is 5.10 Å². The zero-order valence-corrected chi connectivity index (χ0v) is 18.4. The average molecular weight is 450 g/mol. The molecule has 2 N–H and O–H groups in total. The molecule has 3 rings (SSSR count). The Bertz CT molecular complexity index is 1100. The summed E-state index contributed by atoms with van der Waals surface area (Å²) in [6.45, 7) is 2.29. The quantitative estimate of drug-likeness (QED) is 0.352.